The lowest BCUT2D eigenvalue weighted by molar-refractivity contribution is 0.181. The number of cyclic esters (lactones) is 1. The molecule has 162 valence electrons. The zero-order valence-corrected chi connectivity index (χ0v) is 17.4. The largest absolute Gasteiger partial charge is 0.447 e. The molecular weight excluding hydrogens is 401 g/mol. The standard InChI is InChI=1S/C21H24FN7O2/c1-3-21(24,4-2)12-5-6-25-15(9-12)27-16-10-13-14(11-26-16)18(23)28-19(17(13)22)29-7-8-31-20(29)30/h5-6,9-11H,3-4,7-8,24H2,1-2H3,(H2,23,28)(H,25,26,27). The van der Waals surface area contributed by atoms with Crippen LogP contribution in [0, 0.1) is 5.82 Å². The van der Waals surface area contributed by atoms with Gasteiger partial charge in [-0.2, -0.15) is 0 Å². The number of pyridine rings is 3. The number of anilines is 4. The molecule has 0 saturated carbocycles. The highest BCUT2D eigenvalue weighted by Gasteiger charge is 2.29. The highest BCUT2D eigenvalue weighted by atomic mass is 19.1. The van der Waals surface area contributed by atoms with Crippen molar-refractivity contribution >= 4 is 40.1 Å². The van der Waals surface area contributed by atoms with Gasteiger partial charge in [0.2, 0.25) is 0 Å². The van der Waals surface area contributed by atoms with Gasteiger partial charge in [0, 0.05) is 28.7 Å². The fourth-order valence-electron chi connectivity index (χ4n) is 3.62. The molecule has 3 aromatic heterocycles. The van der Waals surface area contributed by atoms with Gasteiger partial charge < -0.3 is 21.5 Å². The monoisotopic (exact) mass is 425 g/mol. The molecule has 10 heteroatoms. The van der Waals surface area contributed by atoms with E-state index in [1.165, 1.54) is 12.3 Å². The van der Waals surface area contributed by atoms with Crippen molar-refractivity contribution in [2.24, 2.45) is 5.73 Å². The molecule has 1 amide bonds. The van der Waals surface area contributed by atoms with Crippen LogP contribution in [0.1, 0.15) is 32.3 Å². The van der Waals surface area contributed by atoms with Crippen molar-refractivity contribution in [3.63, 3.8) is 0 Å². The molecule has 0 spiro atoms. The number of hydrogen-bond donors (Lipinski definition) is 3. The molecule has 9 nitrogen and oxygen atoms in total. The first kappa shape index (κ1) is 20.7. The summed E-state index contributed by atoms with van der Waals surface area (Å²) in [6.07, 6.45) is 4.01. The molecule has 1 saturated heterocycles. The molecule has 1 aliphatic rings. The van der Waals surface area contributed by atoms with Crippen LogP contribution in [0.25, 0.3) is 10.8 Å². The number of nitrogen functional groups attached to an aromatic ring is 1. The summed E-state index contributed by atoms with van der Waals surface area (Å²) in [6.45, 7) is 4.45. The minimum absolute atomic E-state index is 0.0732. The molecule has 0 aliphatic carbocycles. The van der Waals surface area contributed by atoms with Crippen LogP contribution in [0.5, 0.6) is 0 Å². The lowest BCUT2D eigenvalue weighted by Crippen LogP contribution is -2.35. The van der Waals surface area contributed by atoms with Gasteiger partial charge in [-0.3, -0.25) is 4.90 Å². The van der Waals surface area contributed by atoms with Crippen LogP contribution in [0.3, 0.4) is 0 Å². The number of aromatic nitrogens is 3. The average Bonchev–Trinajstić information content (AvgIpc) is 3.21. The van der Waals surface area contributed by atoms with E-state index in [1.54, 1.807) is 6.20 Å². The number of rotatable bonds is 6. The third kappa shape index (κ3) is 3.70. The average molecular weight is 425 g/mol. The lowest BCUT2D eigenvalue weighted by Gasteiger charge is -2.27. The number of fused-ring (bicyclic) bond motifs is 1. The summed E-state index contributed by atoms with van der Waals surface area (Å²) in [4.78, 5) is 25.7. The molecule has 3 aromatic rings. The maximum absolute atomic E-state index is 15.2. The van der Waals surface area contributed by atoms with Gasteiger partial charge in [-0.25, -0.2) is 24.1 Å². The Morgan fingerprint density at radius 3 is 2.65 bits per heavy atom. The Morgan fingerprint density at radius 2 is 1.97 bits per heavy atom. The lowest BCUT2D eigenvalue weighted by atomic mass is 9.86. The van der Waals surface area contributed by atoms with Crippen molar-refractivity contribution < 1.29 is 13.9 Å². The number of carbonyl (C=O) groups excluding carboxylic acids is 1. The first-order valence-electron chi connectivity index (χ1n) is 10.1. The molecule has 31 heavy (non-hydrogen) atoms. The highest BCUT2D eigenvalue weighted by molar-refractivity contribution is 5.97. The van der Waals surface area contributed by atoms with E-state index in [2.05, 4.69) is 20.3 Å². The van der Waals surface area contributed by atoms with Crippen molar-refractivity contribution in [1.82, 2.24) is 15.0 Å². The molecule has 0 unspecified atom stereocenters. The zero-order chi connectivity index (χ0) is 22.2. The summed E-state index contributed by atoms with van der Waals surface area (Å²) in [5, 5.41) is 3.62. The molecule has 0 atom stereocenters. The van der Waals surface area contributed by atoms with Gasteiger partial charge in [0.1, 0.15) is 24.1 Å². The molecule has 4 heterocycles. The van der Waals surface area contributed by atoms with Gasteiger partial charge in [0.05, 0.1) is 6.54 Å². The summed E-state index contributed by atoms with van der Waals surface area (Å²) in [5.41, 5.74) is 13.0. The van der Waals surface area contributed by atoms with E-state index >= 15 is 4.39 Å². The van der Waals surface area contributed by atoms with Gasteiger partial charge in [-0.05, 0) is 36.6 Å². The predicted molar refractivity (Wildman–Crippen MR) is 117 cm³/mol. The van der Waals surface area contributed by atoms with Gasteiger partial charge in [-0.15, -0.1) is 0 Å². The number of hydrogen-bond acceptors (Lipinski definition) is 8. The Kier molecular flexibility index (Phi) is 5.32. The second-order valence-electron chi connectivity index (χ2n) is 7.43. The molecule has 0 bridgehead atoms. The molecule has 1 fully saturated rings. The summed E-state index contributed by atoms with van der Waals surface area (Å²) >= 11 is 0. The summed E-state index contributed by atoms with van der Waals surface area (Å²) in [6, 6.07) is 5.26. The van der Waals surface area contributed by atoms with Crippen LogP contribution in [0.4, 0.5) is 32.5 Å². The fourth-order valence-corrected chi connectivity index (χ4v) is 3.62. The molecule has 1 aliphatic heterocycles. The normalized spacial score (nSPS) is 14.2. The first-order chi connectivity index (χ1) is 14.9. The quantitative estimate of drug-likeness (QED) is 0.547. The van der Waals surface area contributed by atoms with Gasteiger partial charge in [-0.1, -0.05) is 13.8 Å². The second kappa shape index (κ2) is 7.95. The van der Waals surface area contributed by atoms with Crippen LogP contribution in [0.2, 0.25) is 0 Å². The van der Waals surface area contributed by atoms with E-state index in [-0.39, 0.29) is 30.2 Å². The van der Waals surface area contributed by atoms with Crippen molar-refractivity contribution in [2.75, 3.05) is 29.1 Å². The Hall–Kier alpha value is -3.53. The summed E-state index contributed by atoms with van der Waals surface area (Å²) < 4.78 is 20.1. The molecule has 0 aromatic carbocycles. The molecule has 4 rings (SSSR count). The van der Waals surface area contributed by atoms with Crippen molar-refractivity contribution in [1.29, 1.82) is 0 Å². The summed E-state index contributed by atoms with van der Waals surface area (Å²) in [7, 11) is 0. The molecule has 5 N–H and O–H groups in total. The van der Waals surface area contributed by atoms with Crippen molar-refractivity contribution in [2.45, 2.75) is 32.2 Å². The number of nitrogens with two attached hydrogens (primary N) is 2. The van der Waals surface area contributed by atoms with Crippen LogP contribution >= 0.6 is 0 Å². The van der Waals surface area contributed by atoms with Crippen molar-refractivity contribution in [3.05, 3.63) is 42.0 Å². The smallest absolute Gasteiger partial charge is 0.415 e. The third-order valence-corrected chi connectivity index (χ3v) is 5.71. The Morgan fingerprint density at radius 1 is 1.23 bits per heavy atom. The second-order valence-corrected chi connectivity index (χ2v) is 7.43. The van der Waals surface area contributed by atoms with E-state index in [1.807, 2.05) is 26.0 Å². The van der Waals surface area contributed by atoms with Crippen LogP contribution in [-0.4, -0.2) is 34.2 Å². The number of carbonyl (C=O) groups is 1. The maximum Gasteiger partial charge on any atom is 0.415 e. The van der Waals surface area contributed by atoms with Gasteiger partial charge in [0.25, 0.3) is 0 Å². The van der Waals surface area contributed by atoms with Gasteiger partial charge in [0.15, 0.2) is 11.6 Å². The Bertz CT molecular complexity index is 1150. The van der Waals surface area contributed by atoms with E-state index in [0.29, 0.717) is 17.0 Å². The van der Waals surface area contributed by atoms with Gasteiger partial charge >= 0.3 is 6.09 Å². The number of amides is 1. The zero-order valence-electron chi connectivity index (χ0n) is 17.4. The highest BCUT2D eigenvalue weighted by Crippen LogP contribution is 2.32. The maximum atomic E-state index is 15.2. The predicted octanol–water partition coefficient (Wildman–Crippen LogP) is 3.42. The molecule has 0 radical (unpaired) electrons. The number of ether oxygens (including phenoxy) is 1. The first-order valence-corrected chi connectivity index (χ1v) is 10.1. The Balaban J connectivity index is 1.71. The fraction of sp³-hybridized carbons (Fsp3) is 0.333. The Labute approximate surface area is 178 Å². The number of halogens is 1. The minimum Gasteiger partial charge on any atom is -0.447 e. The van der Waals surface area contributed by atoms with E-state index in [0.717, 1.165) is 23.3 Å². The van der Waals surface area contributed by atoms with Crippen LogP contribution in [-0.2, 0) is 10.3 Å². The SMILES string of the molecule is CCC(N)(CC)c1ccnc(Nc2cc3c(F)c(N4CCOC4=O)nc(N)c3cn2)c1. The number of nitrogens with one attached hydrogen (secondary N) is 1. The van der Waals surface area contributed by atoms with E-state index in [9.17, 15) is 4.79 Å². The molecular formula is C21H24FN7O2. The topological polar surface area (TPSA) is 132 Å². The third-order valence-electron chi connectivity index (χ3n) is 5.71. The van der Waals surface area contributed by atoms with E-state index < -0.39 is 17.4 Å². The minimum atomic E-state index is -0.673. The van der Waals surface area contributed by atoms with E-state index in [4.69, 9.17) is 16.2 Å². The number of nitrogens with zero attached hydrogens (tertiary/aromatic N) is 4. The van der Waals surface area contributed by atoms with Crippen molar-refractivity contribution in [3.8, 4) is 0 Å². The van der Waals surface area contributed by atoms with Crippen LogP contribution < -0.4 is 21.7 Å². The summed E-state index contributed by atoms with van der Waals surface area (Å²) in [5.74, 6) is 0.139. The van der Waals surface area contributed by atoms with Crippen LogP contribution in [0.15, 0.2) is 30.6 Å².